The largest absolute Gasteiger partial charge is 3.00 e. The Labute approximate surface area is 102 Å². The van der Waals surface area contributed by atoms with Crippen LogP contribution in [0.2, 0.25) is 0 Å². The van der Waals surface area contributed by atoms with E-state index in [1.165, 1.54) is 0 Å². The van der Waals surface area contributed by atoms with Crippen LogP contribution in [0.15, 0.2) is 0 Å². The monoisotopic (exact) mass is 300 g/mol. The quantitative estimate of drug-likeness (QED) is 0.303. The summed E-state index contributed by atoms with van der Waals surface area (Å²) in [5.74, 6) is 0. The van der Waals surface area contributed by atoms with E-state index in [1.807, 2.05) is 0 Å². The first-order chi connectivity index (χ1) is 2.00. The van der Waals surface area contributed by atoms with Crippen molar-refractivity contribution < 1.29 is 55.7 Å². The minimum atomic E-state index is -5.17. The van der Waals surface area contributed by atoms with Gasteiger partial charge in [-0.15, -0.1) is 0 Å². The molecule has 0 atom stereocenters. The zero-order valence-corrected chi connectivity index (χ0v) is 8.12. The summed E-state index contributed by atoms with van der Waals surface area (Å²) in [5.41, 5.74) is 0. The SMILES string of the molecule is O=S(=O)([O-])[O-].[Ca+2].[Dy+3]. The Morgan fingerprint density at radius 3 is 1.14 bits per heavy atom. The second kappa shape index (κ2) is 6.52. The van der Waals surface area contributed by atoms with Crippen LogP contribution >= 0.6 is 0 Å². The average Bonchev–Trinajstić information content (AvgIpc) is 0.722. The van der Waals surface area contributed by atoms with Crippen molar-refractivity contribution in [1.29, 1.82) is 0 Å². The first kappa shape index (κ1) is 16.2. The maximum Gasteiger partial charge on any atom is 3.00 e. The Kier molecular flexibility index (Phi) is 15.1. The molecule has 7 heteroatoms. The molecule has 0 aromatic rings. The molecule has 0 unspecified atom stereocenters. The maximum atomic E-state index is 8.52. The van der Waals surface area contributed by atoms with Crippen molar-refractivity contribution in [1.82, 2.24) is 0 Å². The van der Waals surface area contributed by atoms with Crippen molar-refractivity contribution in [3.05, 3.63) is 0 Å². The van der Waals surface area contributed by atoms with Crippen LogP contribution in [0.4, 0.5) is 0 Å². The molecule has 0 rings (SSSR count). The average molecular weight is 299 g/mol. The van der Waals surface area contributed by atoms with E-state index in [9.17, 15) is 0 Å². The van der Waals surface area contributed by atoms with Crippen LogP contribution in [-0.2, 0) is 10.4 Å². The fourth-order valence-corrected chi connectivity index (χ4v) is 0. The van der Waals surface area contributed by atoms with Crippen LogP contribution in [0, 0.1) is 38.2 Å². The summed E-state index contributed by atoms with van der Waals surface area (Å²) >= 11 is 0. The summed E-state index contributed by atoms with van der Waals surface area (Å²) in [6, 6.07) is 0. The Bertz CT molecular complexity index is 94.9. The van der Waals surface area contributed by atoms with E-state index in [-0.39, 0.29) is 75.9 Å². The number of rotatable bonds is 0. The Morgan fingerprint density at radius 1 is 1.14 bits per heavy atom. The molecule has 39 valence electrons. The molecule has 0 amide bonds. The fraction of sp³-hybridized carbons (Fsp3) is 0. The zero-order valence-electron chi connectivity index (χ0n) is 3.06. The van der Waals surface area contributed by atoms with Crippen molar-refractivity contribution >= 4 is 48.1 Å². The van der Waals surface area contributed by atoms with Gasteiger partial charge in [0.1, 0.15) is 0 Å². The normalized spacial score (nSPS) is 8.29. The van der Waals surface area contributed by atoms with E-state index >= 15 is 0 Å². The smallest absolute Gasteiger partial charge is 0.759 e. The summed E-state index contributed by atoms with van der Waals surface area (Å²) in [5, 5.41) is 0. The van der Waals surface area contributed by atoms with Gasteiger partial charge < -0.3 is 9.11 Å². The third kappa shape index (κ3) is 59.7. The van der Waals surface area contributed by atoms with Gasteiger partial charge in [-0.05, 0) is 0 Å². The zero-order chi connectivity index (χ0) is 4.50. The molecule has 0 N–H and O–H groups in total. The first-order valence-electron chi connectivity index (χ1n) is 0.667. The second-order valence-electron chi connectivity index (χ2n) is 0.408. The predicted molar refractivity (Wildman–Crippen MR) is 16.2 cm³/mol. The summed E-state index contributed by atoms with van der Waals surface area (Å²) in [6.07, 6.45) is 0. The van der Waals surface area contributed by atoms with Crippen molar-refractivity contribution in [3.63, 3.8) is 0 Å². The van der Waals surface area contributed by atoms with Crippen molar-refractivity contribution in [2.45, 2.75) is 0 Å². The van der Waals surface area contributed by atoms with Crippen LogP contribution in [-0.4, -0.2) is 55.3 Å². The van der Waals surface area contributed by atoms with E-state index in [4.69, 9.17) is 17.5 Å². The first-order valence-corrected chi connectivity index (χ1v) is 2.00. The minimum Gasteiger partial charge on any atom is -0.759 e. The van der Waals surface area contributed by atoms with Crippen molar-refractivity contribution in [3.8, 4) is 0 Å². The second-order valence-corrected chi connectivity index (χ2v) is 1.22. The molecule has 0 aliphatic heterocycles. The van der Waals surface area contributed by atoms with Gasteiger partial charge in [-0.25, -0.2) is 0 Å². The van der Waals surface area contributed by atoms with Crippen molar-refractivity contribution in [2.24, 2.45) is 0 Å². The van der Waals surface area contributed by atoms with Gasteiger partial charge in [0.15, 0.2) is 0 Å². The maximum absolute atomic E-state index is 8.52. The molecule has 4 nitrogen and oxygen atoms in total. The van der Waals surface area contributed by atoms with E-state index < -0.39 is 10.4 Å². The predicted octanol–water partition coefficient (Wildman–Crippen LogP) is -1.72. The van der Waals surface area contributed by atoms with Gasteiger partial charge in [-0.2, -0.15) is 0 Å². The molecular formula is CaDyO4S+3. The summed E-state index contributed by atoms with van der Waals surface area (Å²) in [7, 11) is -5.17. The fourth-order valence-electron chi connectivity index (χ4n) is 0. The van der Waals surface area contributed by atoms with Gasteiger partial charge in [0.2, 0.25) is 0 Å². The van der Waals surface area contributed by atoms with Gasteiger partial charge in [-0.1, -0.05) is 0 Å². The summed E-state index contributed by atoms with van der Waals surface area (Å²) in [4.78, 5) is 0. The molecule has 0 aromatic carbocycles. The molecule has 1 radical (unpaired) electrons. The van der Waals surface area contributed by atoms with Crippen LogP contribution in [0.1, 0.15) is 0 Å². The van der Waals surface area contributed by atoms with Gasteiger partial charge >= 0.3 is 75.9 Å². The van der Waals surface area contributed by atoms with Crippen LogP contribution in [0.5, 0.6) is 0 Å². The number of hydrogen-bond acceptors (Lipinski definition) is 4. The third-order valence-corrected chi connectivity index (χ3v) is 0. The molecule has 0 heterocycles. The summed E-state index contributed by atoms with van der Waals surface area (Å²) in [6.45, 7) is 0. The standard InChI is InChI=1S/Ca.Dy.H2O4S/c;;1-5(2,3)4/h;;(H2,1,2,3,4)/q+2;+3;/p-2. The van der Waals surface area contributed by atoms with Gasteiger partial charge in [0.25, 0.3) is 0 Å². The van der Waals surface area contributed by atoms with Crippen LogP contribution in [0.3, 0.4) is 0 Å². The molecule has 0 aliphatic carbocycles. The molecule has 0 aromatic heterocycles. The molecule has 0 bridgehead atoms. The van der Waals surface area contributed by atoms with Gasteiger partial charge in [0.05, 0.1) is 0 Å². The van der Waals surface area contributed by atoms with Crippen molar-refractivity contribution in [2.75, 3.05) is 0 Å². The van der Waals surface area contributed by atoms with Crippen LogP contribution in [0.25, 0.3) is 0 Å². The topological polar surface area (TPSA) is 80.3 Å². The van der Waals surface area contributed by atoms with Crippen LogP contribution < -0.4 is 0 Å². The van der Waals surface area contributed by atoms with E-state index in [2.05, 4.69) is 0 Å². The van der Waals surface area contributed by atoms with E-state index in [1.54, 1.807) is 0 Å². The Morgan fingerprint density at radius 2 is 1.14 bits per heavy atom. The molecule has 0 saturated heterocycles. The molecule has 0 spiro atoms. The summed E-state index contributed by atoms with van der Waals surface area (Å²) < 4.78 is 34.1. The Balaban J connectivity index is -0.0000000800. The molecular weight excluding hydrogens is 299 g/mol. The Hall–Kier alpha value is 2.40. The van der Waals surface area contributed by atoms with E-state index in [0.29, 0.717) is 0 Å². The van der Waals surface area contributed by atoms with E-state index in [0.717, 1.165) is 0 Å². The number of hydrogen-bond donors (Lipinski definition) is 0. The third-order valence-electron chi connectivity index (χ3n) is 0. The van der Waals surface area contributed by atoms with Gasteiger partial charge in [-0.3, -0.25) is 8.42 Å². The molecule has 0 aliphatic rings. The van der Waals surface area contributed by atoms with Gasteiger partial charge in [0, 0.05) is 10.4 Å². The molecule has 0 saturated carbocycles. The molecule has 0 fully saturated rings. The molecule has 7 heavy (non-hydrogen) atoms. The minimum absolute atomic E-state index is 0.